The lowest BCUT2D eigenvalue weighted by Crippen LogP contribution is -2.13. The lowest BCUT2D eigenvalue weighted by Gasteiger charge is -2.15. The third-order valence-corrected chi connectivity index (χ3v) is 2.62. The number of methoxy groups -OCH3 is 1. The Labute approximate surface area is 105 Å². The van der Waals surface area contributed by atoms with Crippen LogP contribution in [0.15, 0.2) is 16.6 Å². The number of benzene rings is 1. The van der Waals surface area contributed by atoms with Crippen molar-refractivity contribution in [3.63, 3.8) is 0 Å². The predicted octanol–water partition coefficient (Wildman–Crippen LogP) is 3.13. The fraction of sp³-hybridized carbons (Fsp3) is 0.400. The second kappa shape index (κ2) is 5.70. The van der Waals surface area contributed by atoms with Crippen LogP contribution in [0.1, 0.15) is 11.1 Å². The summed E-state index contributed by atoms with van der Waals surface area (Å²) in [4.78, 5) is 4.59. The van der Waals surface area contributed by atoms with Gasteiger partial charge in [0.25, 0.3) is 0 Å². The molecule has 0 saturated heterocycles. The lowest BCUT2D eigenvalue weighted by molar-refractivity contribution is -0.138. The average molecular weight is 314 g/mol. The van der Waals surface area contributed by atoms with Crippen molar-refractivity contribution in [2.24, 2.45) is 0 Å². The van der Waals surface area contributed by atoms with Gasteiger partial charge in [-0.15, -0.1) is 0 Å². The topological polar surface area (TPSA) is 30.5 Å². The number of hydroxylamine groups is 1. The van der Waals surface area contributed by atoms with Gasteiger partial charge in [-0.1, -0.05) is 0 Å². The Balaban J connectivity index is 3.19. The van der Waals surface area contributed by atoms with Crippen LogP contribution < -0.4 is 10.2 Å². The van der Waals surface area contributed by atoms with Crippen LogP contribution >= 0.6 is 15.9 Å². The summed E-state index contributed by atoms with van der Waals surface area (Å²) in [6, 6.07) is 2.57. The first-order valence-corrected chi connectivity index (χ1v) is 5.39. The zero-order chi connectivity index (χ0) is 13.1. The SMILES string of the molecule is CONCc1cc(Br)c(OC)c(C(F)(F)F)c1. The van der Waals surface area contributed by atoms with E-state index in [4.69, 9.17) is 4.74 Å². The number of hydrogen-bond acceptors (Lipinski definition) is 3. The summed E-state index contributed by atoms with van der Waals surface area (Å²) in [5.74, 6) is -0.223. The van der Waals surface area contributed by atoms with E-state index in [1.165, 1.54) is 14.2 Å². The monoisotopic (exact) mass is 313 g/mol. The van der Waals surface area contributed by atoms with Gasteiger partial charge in [0.15, 0.2) is 0 Å². The summed E-state index contributed by atoms with van der Waals surface area (Å²) in [5, 5.41) is 0. The highest BCUT2D eigenvalue weighted by Crippen LogP contribution is 2.41. The molecule has 0 saturated carbocycles. The molecule has 1 aromatic carbocycles. The maximum Gasteiger partial charge on any atom is 0.420 e. The molecule has 0 aromatic heterocycles. The molecule has 3 nitrogen and oxygen atoms in total. The van der Waals surface area contributed by atoms with Crippen LogP contribution in [0.3, 0.4) is 0 Å². The second-order valence-electron chi connectivity index (χ2n) is 3.18. The Bertz CT molecular complexity index is 396. The van der Waals surface area contributed by atoms with Crippen molar-refractivity contribution in [2.75, 3.05) is 14.2 Å². The molecule has 0 aliphatic carbocycles. The third-order valence-electron chi connectivity index (χ3n) is 2.03. The highest BCUT2D eigenvalue weighted by Gasteiger charge is 2.35. The van der Waals surface area contributed by atoms with Gasteiger partial charge >= 0.3 is 6.18 Å². The molecule has 0 aliphatic rings. The van der Waals surface area contributed by atoms with Gasteiger partial charge in [0.05, 0.1) is 24.3 Å². The van der Waals surface area contributed by atoms with Crippen LogP contribution in [0, 0.1) is 0 Å². The summed E-state index contributed by atoms with van der Waals surface area (Å²) in [5.41, 5.74) is 2.10. The van der Waals surface area contributed by atoms with E-state index >= 15 is 0 Å². The number of rotatable bonds is 4. The number of nitrogens with one attached hydrogen (secondary N) is 1. The largest absolute Gasteiger partial charge is 0.495 e. The fourth-order valence-corrected chi connectivity index (χ4v) is 1.99. The van der Waals surface area contributed by atoms with Gasteiger partial charge in [-0.05, 0) is 33.6 Å². The minimum Gasteiger partial charge on any atom is -0.495 e. The van der Waals surface area contributed by atoms with E-state index in [-0.39, 0.29) is 16.8 Å². The van der Waals surface area contributed by atoms with E-state index in [0.717, 1.165) is 6.07 Å². The number of hydrogen-bond donors (Lipinski definition) is 1. The predicted molar refractivity (Wildman–Crippen MR) is 59.5 cm³/mol. The highest BCUT2D eigenvalue weighted by molar-refractivity contribution is 9.10. The van der Waals surface area contributed by atoms with E-state index in [1.54, 1.807) is 6.07 Å². The Hall–Kier alpha value is -0.790. The molecule has 0 fully saturated rings. The molecule has 17 heavy (non-hydrogen) atoms. The first kappa shape index (κ1) is 14.3. The van der Waals surface area contributed by atoms with Crippen molar-refractivity contribution < 1.29 is 22.7 Å². The third kappa shape index (κ3) is 3.58. The lowest BCUT2D eigenvalue weighted by atomic mass is 10.1. The van der Waals surface area contributed by atoms with E-state index < -0.39 is 11.7 Å². The number of alkyl halides is 3. The smallest absolute Gasteiger partial charge is 0.420 e. The van der Waals surface area contributed by atoms with Gasteiger partial charge in [-0.2, -0.15) is 18.7 Å². The first-order valence-electron chi connectivity index (χ1n) is 4.59. The highest BCUT2D eigenvalue weighted by atomic mass is 79.9. The van der Waals surface area contributed by atoms with Gasteiger partial charge in [-0.25, -0.2) is 0 Å². The van der Waals surface area contributed by atoms with Crippen LogP contribution in [0.25, 0.3) is 0 Å². The van der Waals surface area contributed by atoms with Crippen molar-refractivity contribution in [3.05, 3.63) is 27.7 Å². The summed E-state index contributed by atoms with van der Waals surface area (Å²) in [6.07, 6.45) is -4.46. The number of ether oxygens (including phenoxy) is 1. The van der Waals surface area contributed by atoms with Crippen LogP contribution in [0.2, 0.25) is 0 Å². The van der Waals surface area contributed by atoms with Crippen LogP contribution in [-0.2, 0) is 17.6 Å². The van der Waals surface area contributed by atoms with Crippen molar-refractivity contribution >= 4 is 15.9 Å². The van der Waals surface area contributed by atoms with Crippen molar-refractivity contribution in [1.82, 2.24) is 5.48 Å². The molecule has 0 aliphatic heterocycles. The van der Waals surface area contributed by atoms with E-state index in [2.05, 4.69) is 26.2 Å². The second-order valence-corrected chi connectivity index (χ2v) is 4.04. The Kier molecular flexibility index (Phi) is 4.79. The molecule has 1 aromatic rings. The Morgan fingerprint density at radius 3 is 2.41 bits per heavy atom. The summed E-state index contributed by atoms with van der Waals surface area (Å²) in [7, 11) is 2.59. The van der Waals surface area contributed by atoms with Gasteiger partial charge < -0.3 is 9.57 Å². The molecular formula is C10H11BrF3NO2. The zero-order valence-corrected chi connectivity index (χ0v) is 10.8. The molecule has 1 N–H and O–H groups in total. The molecule has 96 valence electrons. The molecule has 0 spiro atoms. The molecule has 0 amide bonds. The summed E-state index contributed by atoms with van der Waals surface area (Å²) in [6.45, 7) is 0.169. The van der Waals surface area contributed by atoms with E-state index in [9.17, 15) is 13.2 Å². The molecule has 0 atom stereocenters. The van der Waals surface area contributed by atoms with Crippen molar-refractivity contribution in [2.45, 2.75) is 12.7 Å². The molecule has 7 heteroatoms. The average Bonchev–Trinajstić information content (AvgIpc) is 2.24. The first-order chi connectivity index (χ1) is 7.90. The molecule has 0 heterocycles. The molecule has 0 bridgehead atoms. The van der Waals surface area contributed by atoms with Crippen LogP contribution in [-0.4, -0.2) is 14.2 Å². The van der Waals surface area contributed by atoms with Crippen LogP contribution in [0.5, 0.6) is 5.75 Å². The Morgan fingerprint density at radius 1 is 1.29 bits per heavy atom. The molecule has 0 radical (unpaired) electrons. The van der Waals surface area contributed by atoms with E-state index in [0.29, 0.717) is 5.56 Å². The quantitative estimate of drug-likeness (QED) is 0.866. The molecular weight excluding hydrogens is 303 g/mol. The number of halogens is 4. The fourth-order valence-electron chi connectivity index (χ4n) is 1.33. The van der Waals surface area contributed by atoms with Gasteiger partial charge in [-0.3, -0.25) is 0 Å². The van der Waals surface area contributed by atoms with Crippen molar-refractivity contribution in [3.8, 4) is 5.75 Å². The van der Waals surface area contributed by atoms with Crippen molar-refractivity contribution in [1.29, 1.82) is 0 Å². The van der Waals surface area contributed by atoms with E-state index in [1.807, 2.05) is 0 Å². The van der Waals surface area contributed by atoms with Gasteiger partial charge in [0, 0.05) is 6.54 Å². The zero-order valence-electron chi connectivity index (χ0n) is 9.19. The van der Waals surface area contributed by atoms with Gasteiger partial charge in [0.2, 0.25) is 0 Å². The minimum absolute atomic E-state index is 0.169. The van der Waals surface area contributed by atoms with Gasteiger partial charge in [0.1, 0.15) is 5.75 Å². The standard InChI is InChI=1S/C10H11BrF3NO2/c1-16-9-7(10(12,13)14)3-6(4-8(9)11)5-15-17-2/h3-4,15H,5H2,1-2H3. The summed E-state index contributed by atoms with van der Waals surface area (Å²) < 4.78 is 43.3. The molecule has 0 unspecified atom stereocenters. The maximum absolute atomic E-state index is 12.8. The maximum atomic E-state index is 12.8. The molecule has 1 rings (SSSR count). The summed E-state index contributed by atoms with van der Waals surface area (Å²) >= 11 is 3.05. The van der Waals surface area contributed by atoms with Crippen LogP contribution in [0.4, 0.5) is 13.2 Å². The minimum atomic E-state index is -4.46. The normalized spacial score (nSPS) is 11.6. The Morgan fingerprint density at radius 2 is 1.94 bits per heavy atom.